The maximum Gasteiger partial charge on any atom is 0.145 e. The van der Waals surface area contributed by atoms with E-state index in [1.165, 1.54) is 6.33 Å². The predicted molar refractivity (Wildman–Crippen MR) is 135 cm³/mol. The molecule has 0 saturated heterocycles. The predicted octanol–water partition coefficient (Wildman–Crippen LogP) is 3.38. The third-order valence-corrected chi connectivity index (χ3v) is 8.59. The molecular formula is C25H25BrN6O2. The molecule has 0 aliphatic heterocycles. The molecule has 4 aromatic rings. The molecule has 6 N–H and O–H groups in total. The summed E-state index contributed by atoms with van der Waals surface area (Å²) in [6, 6.07) is 9.66. The third-order valence-electron chi connectivity index (χ3n) is 7.95. The summed E-state index contributed by atoms with van der Waals surface area (Å²) < 4.78 is 2.72. The van der Waals surface area contributed by atoms with E-state index in [0.717, 1.165) is 44.7 Å². The van der Waals surface area contributed by atoms with Crippen molar-refractivity contribution in [1.29, 1.82) is 0 Å². The highest BCUT2D eigenvalue weighted by atomic mass is 79.9. The molecule has 0 radical (unpaired) electrons. The lowest BCUT2D eigenvalue weighted by atomic mass is 9.55. The number of halogens is 1. The summed E-state index contributed by atoms with van der Waals surface area (Å²) in [5.41, 5.74) is 15.0. The van der Waals surface area contributed by atoms with Gasteiger partial charge in [0.1, 0.15) is 29.7 Å². The van der Waals surface area contributed by atoms with Gasteiger partial charge in [-0.2, -0.15) is 0 Å². The van der Waals surface area contributed by atoms with Crippen molar-refractivity contribution in [1.82, 2.24) is 19.5 Å². The Morgan fingerprint density at radius 2 is 1.97 bits per heavy atom. The summed E-state index contributed by atoms with van der Waals surface area (Å²) in [4.78, 5) is 12.9. The normalized spacial score (nSPS) is 28.4. The number of rotatable bonds is 4. The monoisotopic (exact) mass is 520 g/mol. The molecule has 1 aromatic carbocycles. The number of nitrogen functional groups attached to an aromatic ring is 2. The lowest BCUT2D eigenvalue weighted by molar-refractivity contribution is -0.0358. The van der Waals surface area contributed by atoms with Gasteiger partial charge in [0, 0.05) is 17.0 Å². The van der Waals surface area contributed by atoms with E-state index in [4.69, 9.17) is 11.5 Å². The number of anilines is 2. The van der Waals surface area contributed by atoms with Crippen LogP contribution in [0.1, 0.15) is 24.4 Å². The number of hydrogen-bond donors (Lipinski definition) is 4. The highest BCUT2D eigenvalue weighted by Gasteiger charge is 2.66. The smallest absolute Gasteiger partial charge is 0.145 e. The first-order valence-electron chi connectivity index (χ1n) is 11.3. The molecule has 2 aliphatic rings. The summed E-state index contributed by atoms with van der Waals surface area (Å²) in [7, 11) is 0. The lowest BCUT2D eigenvalue weighted by Crippen LogP contribution is -2.48. The van der Waals surface area contributed by atoms with Crippen molar-refractivity contribution in [2.75, 3.05) is 11.5 Å². The number of nitrogens with two attached hydrogens (primary N) is 2. The van der Waals surface area contributed by atoms with Crippen LogP contribution >= 0.6 is 15.9 Å². The van der Waals surface area contributed by atoms with Gasteiger partial charge in [0.15, 0.2) is 0 Å². The number of pyridine rings is 1. The second kappa shape index (κ2) is 7.49. The van der Waals surface area contributed by atoms with E-state index in [1.54, 1.807) is 0 Å². The van der Waals surface area contributed by atoms with Gasteiger partial charge < -0.3 is 26.2 Å². The topological polar surface area (TPSA) is 136 Å². The fourth-order valence-corrected chi connectivity index (χ4v) is 6.50. The molecule has 8 nitrogen and oxygen atoms in total. The zero-order valence-electron chi connectivity index (χ0n) is 18.4. The van der Waals surface area contributed by atoms with Crippen LogP contribution in [-0.4, -0.2) is 41.9 Å². The summed E-state index contributed by atoms with van der Waals surface area (Å²) >= 11 is 3.43. The van der Waals surface area contributed by atoms with Gasteiger partial charge in [0.25, 0.3) is 0 Å². The standard InChI is InChI=1S/C25H25BrN6O2/c1-12-8-16-19(32-7-5-15-22(27)29-11-30-24(15)32)20(33)21(34)25(12,16)6-4-13-2-3-14-10-17(26)23(28)31-18(14)9-13/h2-3,5,7,9-11,16,19-21,33-34H,1,4,6,8H2,(H2,28,31)(H2,27,29,30)/t16-,19-,20+,21+,25-/m1/s1. The first-order chi connectivity index (χ1) is 16.3. The molecule has 2 aliphatic carbocycles. The highest BCUT2D eigenvalue weighted by Crippen LogP contribution is 2.66. The molecule has 5 atom stereocenters. The fraction of sp³-hybridized carbons (Fsp3) is 0.320. The number of aryl methyl sites for hydroxylation is 1. The Hall–Kier alpha value is -3.01. The van der Waals surface area contributed by atoms with Crippen molar-refractivity contribution in [2.24, 2.45) is 11.3 Å². The maximum atomic E-state index is 11.3. The van der Waals surface area contributed by atoms with Crippen LogP contribution in [0.3, 0.4) is 0 Å². The molecule has 3 aromatic heterocycles. The second-order valence-corrected chi connectivity index (χ2v) is 10.3. The van der Waals surface area contributed by atoms with Crippen LogP contribution in [0, 0.1) is 11.3 Å². The molecule has 0 unspecified atom stereocenters. The van der Waals surface area contributed by atoms with Crippen LogP contribution in [0.5, 0.6) is 0 Å². The molecule has 34 heavy (non-hydrogen) atoms. The van der Waals surface area contributed by atoms with Crippen LogP contribution in [0.2, 0.25) is 0 Å². The van der Waals surface area contributed by atoms with Crippen LogP contribution < -0.4 is 11.5 Å². The maximum absolute atomic E-state index is 11.3. The zero-order valence-corrected chi connectivity index (χ0v) is 20.0. The van der Waals surface area contributed by atoms with E-state index in [0.29, 0.717) is 23.7 Å². The van der Waals surface area contributed by atoms with Crippen molar-refractivity contribution >= 4 is 49.5 Å². The Morgan fingerprint density at radius 3 is 2.76 bits per heavy atom. The van der Waals surface area contributed by atoms with Gasteiger partial charge in [-0.1, -0.05) is 24.3 Å². The highest BCUT2D eigenvalue weighted by molar-refractivity contribution is 9.10. The summed E-state index contributed by atoms with van der Waals surface area (Å²) in [5.74, 6) is 0.900. The molecule has 0 bridgehead atoms. The number of aliphatic hydroxyl groups excluding tert-OH is 2. The number of fused-ring (bicyclic) bond motifs is 3. The van der Waals surface area contributed by atoms with E-state index in [-0.39, 0.29) is 12.0 Å². The molecule has 2 saturated carbocycles. The molecule has 0 spiro atoms. The van der Waals surface area contributed by atoms with E-state index in [2.05, 4.69) is 43.5 Å². The average molecular weight is 521 g/mol. The van der Waals surface area contributed by atoms with Gasteiger partial charge in [0.05, 0.1) is 27.5 Å². The van der Waals surface area contributed by atoms with E-state index >= 15 is 0 Å². The van der Waals surface area contributed by atoms with Gasteiger partial charge in [0.2, 0.25) is 0 Å². The van der Waals surface area contributed by atoms with Crippen LogP contribution in [-0.2, 0) is 6.42 Å². The van der Waals surface area contributed by atoms with Gasteiger partial charge >= 0.3 is 0 Å². The largest absolute Gasteiger partial charge is 0.389 e. The number of benzene rings is 1. The van der Waals surface area contributed by atoms with Crippen molar-refractivity contribution in [3.63, 3.8) is 0 Å². The number of hydrogen-bond acceptors (Lipinski definition) is 7. The second-order valence-electron chi connectivity index (χ2n) is 9.48. The Bertz CT molecular complexity index is 1470. The van der Waals surface area contributed by atoms with Crippen molar-refractivity contribution in [3.8, 4) is 0 Å². The minimum atomic E-state index is -0.938. The third kappa shape index (κ3) is 2.87. The quantitative estimate of drug-likeness (QED) is 0.302. The van der Waals surface area contributed by atoms with Crippen molar-refractivity contribution < 1.29 is 10.2 Å². The van der Waals surface area contributed by atoms with Gasteiger partial charge in [-0.3, -0.25) is 0 Å². The summed E-state index contributed by atoms with van der Waals surface area (Å²) in [6.07, 6.45) is 3.61. The van der Waals surface area contributed by atoms with Crippen molar-refractivity contribution in [3.05, 3.63) is 65.0 Å². The van der Waals surface area contributed by atoms with E-state index in [9.17, 15) is 10.2 Å². The molecule has 174 valence electrons. The van der Waals surface area contributed by atoms with E-state index < -0.39 is 17.6 Å². The fourth-order valence-electron chi connectivity index (χ4n) is 6.16. The van der Waals surface area contributed by atoms with E-state index in [1.807, 2.05) is 35.0 Å². The molecule has 0 amide bonds. The molecule has 9 heteroatoms. The molecule has 3 heterocycles. The number of aromatic nitrogens is 4. The van der Waals surface area contributed by atoms with Crippen LogP contribution in [0.15, 0.2) is 59.5 Å². The molecule has 6 rings (SSSR count). The summed E-state index contributed by atoms with van der Waals surface area (Å²) in [6.45, 7) is 4.28. The first kappa shape index (κ1) is 21.5. The van der Waals surface area contributed by atoms with Gasteiger partial charge in [-0.25, -0.2) is 15.0 Å². The lowest BCUT2D eigenvalue weighted by Gasteiger charge is -2.50. The Balaban J connectivity index is 1.32. The molecule has 2 fully saturated rings. The minimum absolute atomic E-state index is 0.0435. The molecular weight excluding hydrogens is 496 g/mol. The number of nitrogens with zero attached hydrogens (tertiary/aromatic N) is 4. The minimum Gasteiger partial charge on any atom is -0.389 e. The Kier molecular flexibility index (Phi) is 4.74. The van der Waals surface area contributed by atoms with Gasteiger partial charge in [-0.05, 0) is 64.9 Å². The average Bonchev–Trinajstić information content (AvgIpc) is 3.30. The van der Waals surface area contributed by atoms with Gasteiger partial charge in [-0.15, -0.1) is 0 Å². The Labute approximate surface area is 204 Å². The van der Waals surface area contributed by atoms with Crippen LogP contribution in [0.4, 0.5) is 11.6 Å². The van der Waals surface area contributed by atoms with Crippen LogP contribution in [0.25, 0.3) is 21.9 Å². The Morgan fingerprint density at radius 1 is 1.15 bits per heavy atom. The van der Waals surface area contributed by atoms with Crippen molar-refractivity contribution in [2.45, 2.75) is 37.5 Å². The zero-order chi connectivity index (χ0) is 23.8. The summed E-state index contributed by atoms with van der Waals surface area (Å²) in [5, 5.41) is 24.3. The SMILES string of the molecule is C=C1C[C@@H]2[C@@H](n3ccc4c(N)ncnc43)[C@H](O)[C@H](O)[C@]12CCc1ccc2cc(Br)c(N)nc2c1. The number of aliphatic hydroxyl groups is 2. The first-order valence-corrected chi connectivity index (χ1v) is 12.1.